The minimum atomic E-state index is 0. The Morgan fingerprint density at radius 2 is 1.39 bits per heavy atom. The van der Waals surface area contributed by atoms with Crippen molar-refractivity contribution in [3.05, 3.63) is 103 Å². The van der Waals surface area contributed by atoms with E-state index in [1.165, 1.54) is 78.6 Å². The molecule has 4 rings (SSSR count). The van der Waals surface area contributed by atoms with Crippen molar-refractivity contribution in [3.63, 3.8) is 0 Å². The van der Waals surface area contributed by atoms with E-state index in [1.807, 2.05) is 0 Å². The monoisotopic (exact) mass is 574 g/mol. The molecule has 1 aliphatic rings. The van der Waals surface area contributed by atoms with Gasteiger partial charge in [0, 0.05) is 0 Å². The van der Waals surface area contributed by atoms with Gasteiger partial charge in [0.05, 0.1) is 0 Å². The van der Waals surface area contributed by atoms with Crippen LogP contribution in [0.15, 0.2) is 65.3 Å². The van der Waals surface area contributed by atoms with E-state index in [2.05, 4.69) is 110 Å². The number of allylic oxidation sites excluding steroid dienone is 4. The van der Waals surface area contributed by atoms with Crippen molar-refractivity contribution in [1.82, 2.24) is 0 Å². The molecule has 180 valence electrons. The second kappa shape index (κ2) is 16.8. The Morgan fingerprint density at radius 1 is 0.848 bits per heavy atom. The van der Waals surface area contributed by atoms with Crippen molar-refractivity contribution in [1.29, 1.82) is 0 Å². The molecule has 0 aromatic heterocycles. The molecule has 0 bridgehead atoms. The number of benzene rings is 2. The van der Waals surface area contributed by atoms with Gasteiger partial charge in [0.25, 0.3) is 0 Å². The van der Waals surface area contributed by atoms with Crippen LogP contribution < -0.4 is 0 Å². The van der Waals surface area contributed by atoms with Crippen molar-refractivity contribution in [2.45, 2.75) is 48.5 Å². The van der Waals surface area contributed by atoms with Crippen LogP contribution in [0, 0.1) is 47.6 Å². The van der Waals surface area contributed by atoms with Crippen LogP contribution in [-0.4, -0.2) is 6.88 Å². The molecule has 0 N–H and O–H groups in total. The second-order valence-electron chi connectivity index (χ2n) is 7.83. The first-order valence-corrected chi connectivity index (χ1v) is 14.2. The van der Waals surface area contributed by atoms with Crippen molar-refractivity contribution in [3.8, 4) is 11.1 Å². The number of fused-ring (bicyclic) bond motifs is 1. The van der Waals surface area contributed by atoms with Gasteiger partial charge >= 0.3 is 30.2 Å². The molecule has 1 aliphatic carbocycles. The molecule has 1 atom stereocenters. The van der Waals surface area contributed by atoms with Gasteiger partial charge < -0.3 is 14.9 Å². The third-order valence-corrected chi connectivity index (χ3v) is 6.13. The molecule has 33 heavy (non-hydrogen) atoms. The Kier molecular flexibility index (Phi) is 18.7. The zero-order valence-corrected chi connectivity index (χ0v) is 26.6. The van der Waals surface area contributed by atoms with Crippen LogP contribution in [0.25, 0.3) is 21.9 Å². The third-order valence-electron chi connectivity index (χ3n) is 6.13. The van der Waals surface area contributed by atoms with Crippen molar-refractivity contribution in [2.75, 3.05) is 0 Å². The number of rotatable bonds is 1. The molecule has 0 amide bonds. The predicted octanol–water partition coefficient (Wildman–Crippen LogP) is 9.23. The SMILES string of the molecule is CC1=[C-]C(C)C(C)=C1C.Cc1ccc(C)c(-c2c[cH-]c3ccccc23)c1C.Cl.Cl.[CH3-].[CH3-].[Si]=[Zr]. The first-order chi connectivity index (χ1) is 13.8. The van der Waals surface area contributed by atoms with Gasteiger partial charge in [-0.15, -0.1) is 78.4 Å². The van der Waals surface area contributed by atoms with Gasteiger partial charge in [-0.1, -0.05) is 61.6 Å². The van der Waals surface area contributed by atoms with Crippen LogP contribution in [0.5, 0.6) is 0 Å². The molecule has 0 spiro atoms. The van der Waals surface area contributed by atoms with Crippen LogP contribution in [0.3, 0.4) is 0 Å². The molecule has 4 heteroatoms. The fourth-order valence-electron chi connectivity index (χ4n) is 3.90. The average Bonchev–Trinajstić information content (AvgIpc) is 3.24. The molecule has 3 aromatic carbocycles. The molecule has 2 radical (unpaired) electrons. The Morgan fingerprint density at radius 3 is 1.88 bits per heavy atom. The summed E-state index contributed by atoms with van der Waals surface area (Å²) in [5.74, 6) is 0.560. The van der Waals surface area contributed by atoms with Gasteiger partial charge in [-0.2, -0.15) is 11.1 Å². The molecule has 0 heterocycles. The van der Waals surface area contributed by atoms with Crippen molar-refractivity contribution >= 4 is 42.5 Å². The summed E-state index contributed by atoms with van der Waals surface area (Å²) < 4.78 is 0. The predicted molar refractivity (Wildman–Crippen MR) is 152 cm³/mol. The van der Waals surface area contributed by atoms with Crippen molar-refractivity contribution in [2.24, 2.45) is 5.92 Å². The zero-order valence-electron chi connectivity index (χ0n) is 21.5. The summed E-state index contributed by atoms with van der Waals surface area (Å²) in [5, 5.41) is 2.68. The topological polar surface area (TPSA) is 0 Å². The maximum absolute atomic E-state index is 3.36. The number of aryl methyl sites for hydroxylation is 2. The summed E-state index contributed by atoms with van der Waals surface area (Å²) >= 11 is 1.36. The van der Waals surface area contributed by atoms with Crippen LogP contribution in [0.4, 0.5) is 0 Å². The van der Waals surface area contributed by atoms with Gasteiger partial charge in [-0.05, 0) is 26.3 Å². The fourth-order valence-corrected chi connectivity index (χ4v) is 3.90. The van der Waals surface area contributed by atoms with E-state index in [0.717, 1.165) is 0 Å². The molecule has 0 aliphatic heterocycles. The molecule has 0 saturated carbocycles. The van der Waals surface area contributed by atoms with E-state index in [0.29, 0.717) is 5.92 Å². The molecule has 1 unspecified atom stereocenters. The summed E-state index contributed by atoms with van der Waals surface area (Å²) in [7, 11) is 0. The minimum absolute atomic E-state index is 0. The number of halogens is 2. The maximum atomic E-state index is 3.36. The Bertz CT molecular complexity index is 1080. The van der Waals surface area contributed by atoms with Gasteiger partial charge in [0.2, 0.25) is 0 Å². The molecule has 0 fully saturated rings. The van der Waals surface area contributed by atoms with E-state index in [4.69, 9.17) is 0 Å². The summed E-state index contributed by atoms with van der Waals surface area (Å²) in [5.41, 5.74) is 11.1. The second-order valence-corrected chi connectivity index (χ2v) is 7.83. The first-order valence-electron chi connectivity index (χ1n) is 10.1. The van der Waals surface area contributed by atoms with Crippen LogP contribution in [0.1, 0.15) is 44.4 Å². The van der Waals surface area contributed by atoms with Gasteiger partial charge in [0.1, 0.15) is 0 Å². The molecular formula is C29H38Cl2SiZr-4. The molecule has 0 saturated heterocycles. The van der Waals surface area contributed by atoms with Crippen LogP contribution in [0.2, 0.25) is 0 Å². The number of hydrogen-bond donors (Lipinski definition) is 0. The normalized spacial score (nSPS) is 13.5. The zero-order chi connectivity index (χ0) is 21.7. The Hall–Kier alpha value is -0.790. The Balaban J connectivity index is -0.000000522. The average molecular weight is 577 g/mol. The van der Waals surface area contributed by atoms with Gasteiger partial charge in [0.15, 0.2) is 0 Å². The number of hydrogen-bond acceptors (Lipinski definition) is 0. The summed E-state index contributed by atoms with van der Waals surface area (Å²) in [4.78, 5) is 0. The first kappa shape index (κ1) is 36.8. The molecule has 3 aromatic rings. The Labute approximate surface area is 232 Å². The van der Waals surface area contributed by atoms with Gasteiger partial charge in [-0.3, -0.25) is 6.08 Å². The van der Waals surface area contributed by atoms with E-state index in [-0.39, 0.29) is 39.7 Å². The molecule has 0 nitrogen and oxygen atoms in total. The quantitative estimate of drug-likeness (QED) is 0.200. The summed E-state index contributed by atoms with van der Waals surface area (Å²) in [6, 6.07) is 17.5. The van der Waals surface area contributed by atoms with E-state index in [1.54, 1.807) is 0 Å². The van der Waals surface area contributed by atoms with E-state index < -0.39 is 0 Å². The van der Waals surface area contributed by atoms with Crippen LogP contribution >= 0.6 is 24.8 Å². The summed E-state index contributed by atoms with van der Waals surface area (Å²) in [6.07, 6.45) is 3.36. The van der Waals surface area contributed by atoms with E-state index in [9.17, 15) is 0 Å². The summed E-state index contributed by atoms with van der Waals surface area (Å²) in [6.45, 7) is 18.3. The fraction of sp³-hybridized carbons (Fsp3) is 0.276. The molecular weight excluding hydrogens is 539 g/mol. The van der Waals surface area contributed by atoms with Gasteiger partial charge in [-0.25, -0.2) is 5.57 Å². The third kappa shape index (κ3) is 8.43. The van der Waals surface area contributed by atoms with Crippen molar-refractivity contribution < 1.29 is 23.3 Å². The van der Waals surface area contributed by atoms with Crippen LogP contribution in [-0.2, 0) is 23.3 Å². The standard InChI is InChI=1S/C18H17.C9H13.2CH3.2ClH.Si.Zr/c1-12-8-9-13(2)18(14(12)3)17-11-10-15-6-4-5-7-16(15)17;1-6-5-7(2)9(4)8(6)3;;;;;;/h4-11H,1-3H3;6H,1-4H3;2*1H3;2*1H;;/q4*-1;;;;. The van der Waals surface area contributed by atoms with E-state index >= 15 is 0 Å².